The van der Waals surface area contributed by atoms with Crippen molar-refractivity contribution in [3.05, 3.63) is 59.7 Å². The molecule has 1 aliphatic rings. The van der Waals surface area contributed by atoms with E-state index in [0.717, 1.165) is 5.56 Å². The van der Waals surface area contributed by atoms with E-state index in [1.807, 2.05) is 6.92 Å². The topological polar surface area (TPSA) is 75.0 Å². The number of carbonyl (C=O) groups excluding carboxylic acids is 1. The number of aryl methyl sites for hydroxylation is 1. The van der Waals surface area contributed by atoms with Crippen molar-refractivity contribution in [2.24, 2.45) is 5.10 Å². The lowest BCUT2D eigenvalue weighted by Crippen LogP contribution is -2.51. The Balaban J connectivity index is 1.86. The monoisotopic (exact) mass is 475 g/mol. The number of hydrazone groups is 1. The fourth-order valence-electron chi connectivity index (χ4n) is 3.77. The van der Waals surface area contributed by atoms with Crippen molar-refractivity contribution in [3.8, 4) is 17.0 Å². The zero-order valence-corrected chi connectivity index (χ0v) is 18.3. The standard InChI is InChI=1S/C24H21F4N3O3/c1-3-34-15-7-5-14(6-8-15)19-11-17(16-10-13(2)4-9-18(16)29-19)22(32)31-24(33,23(27)28)12-20(30-31)21(25)26/h4-11,21,23,33H,3,12H2,1-2H3/t24-/m0/s1. The van der Waals surface area contributed by atoms with E-state index in [0.29, 0.717) is 34.5 Å². The lowest BCUT2D eigenvalue weighted by molar-refractivity contribution is -0.164. The maximum atomic E-state index is 13.7. The van der Waals surface area contributed by atoms with Crippen molar-refractivity contribution in [3.63, 3.8) is 0 Å². The van der Waals surface area contributed by atoms with Crippen LogP contribution in [0.15, 0.2) is 53.6 Å². The van der Waals surface area contributed by atoms with Crippen LogP contribution < -0.4 is 4.74 Å². The highest BCUT2D eigenvalue weighted by atomic mass is 19.3. The molecular formula is C24H21F4N3O3. The van der Waals surface area contributed by atoms with Crippen molar-refractivity contribution in [1.82, 2.24) is 9.99 Å². The van der Waals surface area contributed by atoms with Crippen molar-refractivity contribution >= 4 is 22.5 Å². The number of nitrogens with zero attached hydrogens (tertiary/aromatic N) is 3. The maximum absolute atomic E-state index is 13.7. The second-order valence-electron chi connectivity index (χ2n) is 7.90. The van der Waals surface area contributed by atoms with E-state index in [1.54, 1.807) is 49.4 Å². The lowest BCUT2D eigenvalue weighted by atomic mass is 10.0. The third-order valence-electron chi connectivity index (χ3n) is 5.49. The van der Waals surface area contributed by atoms with Gasteiger partial charge >= 0.3 is 0 Å². The summed E-state index contributed by atoms with van der Waals surface area (Å²) in [6.07, 6.45) is -7.86. The van der Waals surface area contributed by atoms with Crippen LogP contribution in [-0.2, 0) is 0 Å². The van der Waals surface area contributed by atoms with Gasteiger partial charge in [0.05, 0.1) is 23.4 Å². The van der Waals surface area contributed by atoms with Gasteiger partial charge in [0.25, 0.3) is 18.8 Å². The van der Waals surface area contributed by atoms with Gasteiger partial charge in [0.15, 0.2) is 0 Å². The highest BCUT2D eigenvalue weighted by molar-refractivity contribution is 6.08. The molecule has 1 amide bonds. The molecular weight excluding hydrogens is 454 g/mol. The summed E-state index contributed by atoms with van der Waals surface area (Å²) >= 11 is 0. The van der Waals surface area contributed by atoms with Gasteiger partial charge < -0.3 is 9.84 Å². The highest BCUT2D eigenvalue weighted by Gasteiger charge is 2.53. The molecule has 2 aromatic carbocycles. The zero-order valence-electron chi connectivity index (χ0n) is 18.3. The van der Waals surface area contributed by atoms with Crippen LogP contribution in [0.4, 0.5) is 17.6 Å². The summed E-state index contributed by atoms with van der Waals surface area (Å²) in [4.78, 5) is 18.0. The molecule has 178 valence electrons. The number of rotatable bonds is 6. The minimum absolute atomic E-state index is 0.0677. The number of halogens is 4. The molecule has 0 bridgehead atoms. The first-order valence-corrected chi connectivity index (χ1v) is 10.5. The van der Waals surface area contributed by atoms with Gasteiger partial charge in [-0.15, -0.1) is 0 Å². The molecule has 0 unspecified atom stereocenters. The minimum atomic E-state index is -3.52. The van der Waals surface area contributed by atoms with E-state index < -0.39 is 36.6 Å². The van der Waals surface area contributed by atoms with Crippen LogP contribution in [-0.4, -0.2) is 51.9 Å². The number of amides is 1. The van der Waals surface area contributed by atoms with Crippen LogP contribution in [0.5, 0.6) is 5.75 Å². The molecule has 1 aliphatic heterocycles. The number of benzene rings is 2. The number of hydrogen-bond acceptors (Lipinski definition) is 5. The Hall–Kier alpha value is -3.53. The van der Waals surface area contributed by atoms with E-state index in [1.165, 1.54) is 6.07 Å². The van der Waals surface area contributed by atoms with Gasteiger partial charge in [-0.3, -0.25) is 4.79 Å². The number of hydrogen-bond donors (Lipinski definition) is 1. The number of aliphatic hydroxyl groups is 1. The van der Waals surface area contributed by atoms with Crippen molar-refractivity contribution < 1.29 is 32.2 Å². The van der Waals surface area contributed by atoms with Gasteiger partial charge in [-0.05, 0) is 56.3 Å². The van der Waals surface area contributed by atoms with Crippen LogP contribution in [0.1, 0.15) is 29.3 Å². The second-order valence-corrected chi connectivity index (χ2v) is 7.90. The SMILES string of the molecule is CCOc1ccc(-c2cc(C(=O)N3N=C(C(F)F)C[C@]3(O)C(F)F)c3cc(C)ccc3n2)cc1. The minimum Gasteiger partial charge on any atom is -0.494 e. The number of pyridine rings is 1. The molecule has 0 saturated heterocycles. The fraction of sp³-hybridized carbons (Fsp3) is 0.292. The van der Waals surface area contributed by atoms with Crippen molar-refractivity contribution in [2.75, 3.05) is 6.61 Å². The quantitative estimate of drug-likeness (QED) is 0.508. The number of ether oxygens (including phenoxy) is 1. The summed E-state index contributed by atoms with van der Waals surface area (Å²) in [5.41, 5.74) is -2.16. The van der Waals surface area contributed by atoms with E-state index in [9.17, 15) is 27.5 Å². The molecule has 4 rings (SSSR count). The van der Waals surface area contributed by atoms with E-state index in [-0.39, 0.29) is 10.6 Å². The predicted octanol–water partition coefficient (Wildman–Crippen LogP) is 5.03. The van der Waals surface area contributed by atoms with Crippen LogP contribution in [0.2, 0.25) is 0 Å². The van der Waals surface area contributed by atoms with Crippen LogP contribution in [0, 0.1) is 6.92 Å². The Morgan fingerprint density at radius 3 is 2.47 bits per heavy atom. The van der Waals surface area contributed by atoms with Gasteiger partial charge in [0.1, 0.15) is 11.5 Å². The molecule has 0 aliphatic carbocycles. The molecule has 2 heterocycles. The molecule has 1 atom stereocenters. The molecule has 0 spiro atoms. The lowest BCUT2D eigenvalue weighted by Gasteiger charge is -2.30. The third-order valence-corrected chi connectivity index (χ3v) is 5.49. The predicted molar refractivity (Wildman–Crippen MR) is 118 cm³/mol. The maximum Gasteiger partial charge on any atom is 0.287 e. The summed E-state index contributed by atoms with van der Waals surface area (Å²) in [7, 11) is 0. The van der Waals surface area contributed by atoms with E-state index in [4.69, 9.17) is 4.74 Å². The zero-order chi connectivity index (χ0) is 24.6. The van der Waals surface area contributed by atoms with Gasteiger partial charge in [0.2, 0.25) is 5.72 Å². The van der Waals surface area contributed by atoms with E-state index >= 15 is 0 Å². The van der Waals surface area contributed by atoms with Crippen LogP contribution >= 0.6 is 0 Å². The number of alkyl halides is 4. The molecule has 1 N–H and O–H groups in total. The average Bonchev–Trinajstić information content (AvgIpc) is 3.18. The first kappa shape index (κ1) is 23.6. The fourth-order valence-corrected chi connectivity index (χ4v) is 3.77. The van der Waals surface area contributed by atoms with Crippen molar-refractivity contribution in [1.29, 1.82) is 0 Å². The van der Waals surface area contributed by atoms with Gasteiger partial charge in [0, 0.05) is 17.4 Å². The van der Waals surface area contributed by atoms with Gasteiger partial charge in [-0.1, -0.05) is 11.6 Å². The first-order chi connectivity index (χ1) is 16.1. The molecule has 3 aromatic rings. The third kappa shape index (κ3) is 4.21. The second kappa shape index (κ2) is 9.02. The number of fused-ring (bicyclic) bond motifs is 1. The molecule has 10 heteroatoms. The molecule has 0 fully saturated rings. The largest absolute Gasteiger partial charge is 0.494 e. The summed E-state index contributed by atoms with van der Waals surface area (Å²) in [6.45, 7) is 4.10. The first-order valence-electron chi connectivity index (χ1n) is 10.5. The molecule has 0 saturated carbocycles. The molecule has 0 radical (unpaired) electrons. The van der Waals surface area contributed by atoms with Crippen molar-refractivity contribution in [2.45, 2.75) is 38.8 Å². The van der Waals surface area contributed by atoms with Crippen LogP contribution in [0.25, 0.3) is 22.2 Å². The summed E-state index contributed by atoms with van der Waals surface area (Å²) in [6, 6.07) is 13.3. The highest BCUT2D eigenvalue weighted by Crippen LogP contribution is 2.36. The van der Waals surface area contributed by atoms with Gasteiger partial charge in [-0.2, -0.15) is 10.1 Å². The summed E-state index contributed by atoms with van der Waals surface area (Å²) in [5, 5.41) is 14.2. The summed E-state index contributed by atoms with van der Waals surface area (Å²) in [5.74, 6) is -0.504. The van der Waals surface area contributed by atoms with Gasteiger partial charge in [-0.25, -0.2) is 22.5 Å². The number of carbonyl (C=O) groups is 1. The van der Waals surface area contributed by atoms with Crippen LogP contribution in [0.3, 0.4) is 0 Å². The Bertz CT molecular complexity index is 1260. The molecule has 6 nitrogen and oxygen atoms in total. The smallest absolute Gasteiger partial charge is 0.287 e. The molecule has 34 heavy (non-hydrogen) atoms. The average molecular weight is 475 g/mol. The summed E-state index contributed by atoms with van der Waals surface area (Å²) < 4.78 is 59.3. The molecule has 1 aromatic heterocycles. The Morgan fingerprint density at radius 2 is 1.85 bits per heavy atom. The normalized spacial score (nSPS) is 18.1. The number of aromatic nitrogens is 1. The Labute approximate surface area is 192 Å². The Kier molecular flexibility index (Phi) is 6.26. The Morgan fingerprint density at radius 1 is 1.15 bits per heavy atom. The van der Waals surface area contributed by atoms with E-state index in [2.05, 4.69) is 10.1 Å².